The van der Waals surface area contributed by atoms with E-state index in [0.717, 1.165) is 12.8 Å². The molecule has 0 aliphatic rings. The Morgan fingerprint density at radius 1 is 1.58 bits per heavy atom. The second-order valence-corrected chi connectivity index (χ2v) is 4.93. The fourth-order valence-electron chi connectivity index (χ4n) is 1.71. The highest BCUT2D eigenvalue weighted by atomic mass is 35.5. The second-order valence-electron chi connectivity index (χ2n) is 4.57. The van der Waals surface area contributed by atoms with Crippen LogP contribution in [0.1, 0.15) is 26.7 Å². The largest absolute Gasteiger partial charge is 0.396 e. The van der Waals surface area contributed by atoms with Crippen molar-refractivity contribution in [1.29, 1.82) is 0 Å². The number of carbonyl (C=O) groups excluding carboxylic acids is 1. The lowest BCUT2D eigenvalue weighted by molar-refractivity contribution is 0.213. The van der Waals surface area contributed by atoms with Crippen LogP contribution in [0.25, 0.3) is 0 Å². The van der Waals surface area contributed by atoms with Gasteiger partial charge in [0, 0.05) is 18.8 Å². The SMILES string of the molecule is CC[C@H](C[C@H](C)CO)NC(=O)Nc1cccnc1Cl. The summed E-state index contributed by atoms with van der Waals surface area (Å²) >= 11 is 5.86. The number of nitrogens with zero attached hydrogens (tertiary/aromatic N) is 1. The van der Waals surface area contributed by atoms with Crippen LogP contribution in [0.4, 0.5) is 10.5 Å². The first-order chi connectivity index (χ1) is 9.06. The Morgan fingerprint density at radius 3 is 2.89 bits per heavy atom. The van der Waals surface area contributed by atoms with E-state index >= 15 is 0 Å². The quantitative estimate of drug-likeness (QED) is 0.704. The number of nitrogens with one attached hydrogen (secondary N) is 2. The van der Waals surface area contributed by atoms with Gasteiger partial charge in [0.25, 0.3) is 0 Å². The van der Waals surface area contributed by atoms with Crippen LogP contribution in [0.5, 0.6) is 0 Å². The number of hydrogen-bond acceptors (Lipinski definition) is 3. The van der Waals surface area contributed by atoms with Crippen molar-refractivity contribution in [3.05, 3.63) is 23.5 Å². The fraction of sp³-hybridized carbons (Fsp3) is 0.538. The molecule has 1 heterocycles. The average molecular weight is 286 g/mol. The molecular formula is C13H20ClN3O2. The van der Waals surface area contributed by atoms with Crippen LogP contribution in [0, 0.1) is 5.92 Å². The Balaban J connectivity index is 2.52. The van der Waals surface area contributed by atoms with Crippen LogP contribution < -0.4 is 10.6 Å². The first kappa shape index (κ1) is 15.7. The maximum Gasteiger partial charge on any atom is 0.319 e. The van der Waals surface area contributed by atoms with Crippen molar-refractivity contribution < 1.29 is 9.90 Å². The van der Waals surface area contributed by atoms with Crippen LogP contribution in [0.2, 0.25) is 5.15 Å². The number of aliphatic hydroxyl groups excluding tert-OH is 1. The van der Waals surface area contributed by atoms with Gasteiger partial charge in [0.15, 0.2) is 5.15 Å². The van der Waals surface area contributed by atoms with E-state index in [0.29, 0.717) is 5.69 Å². The lowest BCUT2D eigenvalue weighted by Gasteiger charge is -2.20. The summed E-state index contributed by atoms with van der Waals surface area (Å²) in [5.41, 5.74) is 0.478. The summed E-state index contributed by atoms with van der Waals surface area (Å²) < 4.78 is 0. The van der Waals surface area contributed by atoms with Crippen molar-refractivity contribution in [2.24, 2.45) is 5.92 Å². The van der Waals surface area contributed by atoms with Crippen LogP contribution in [-0.4, -0.2) is 28.8 Å². The zero-order valence-corrected chi connectivity index (χ0v) is 11.9. The van der Waals surface area contributed by atoms with Crippen LogP contribution >= 0.6 is 11.6 Å². The van der Waals surface area contributed by atoms with E-state index in [2.05, 4.69) is 15.6 Å². The molecule has 1 rings (SSSR count). The van der Waals surface area contributed by atoms with Gasteiger partial charge in [0.2, 0.25) is 0 Å². The molecule has 2 amide bonds. The molecule has 0 saturated carbocycles. The summed E-state index contributed by atoms with van der Waals surface area (Å²) in [6.07, 6.45) is 3.10. The van der Waals surface area contributed by atoms with E-state index in [1.165, 1.54) is 0 Å². The van der Waals surface area contributed by atoms with Gasteiger partial charge in [0.05, 0.1) is 5.69 Å². The number of aliphatic hydroxyl groups is 1. The Bertz CT molecular complexity index is 415. The van der Waals surface area contributed by atoms with Crippen molar-refractivity contribution >= 4 is 23.3 Å². The molecule has 3 N–H and O–H groups in total. The fourth-order valence-corrected chi connectivity index (χ4v) is 1.88. The molecule has 19 heavy (non-hydrogen) atoms. The highest BCUT2D eigenvalue weighted by molar-refractivity contribution is 6.32. The molecule has 1 aromatic rings. The van der Waals surface area contributed by atoms with Crippen LogP contribution in [0.15, 0.2) is 18.3 Å². The highest BCUT2D eigenvalue weighted by Crippen LogP contribution is 2.17. The van der Waals surface area contributed by atoms with Crippen molar-refractivity contribution in [2.75, 3.05) is 11.9 Å². The van der Waals surface area contributed by atoms with Gasteiger partial charge in [-0.15, -0.1) is 0 Å². The molecule has 5 nitrogen and oxygen atoms in total. The minimum Gasteiger partial charge on any atom is -0.396 e. The lowest BCUT2D eigenvalue weighted by atomic mass is 10.0. The summed E-state index contributed by atoms with van der Waals surface area (Å²) in [5.74, 6) is 0.159. The normalized spacial score (nSPS) is 13.7. The molecule has 0 aliphatic heterocycles. The Hall–Kier alpha value is -1.33. The van der Waals surface area contributed by atoms with E-state index < -0.39 is 0 Å². The van der Waals surface area contributed by atoms with Gasteiger partial charge < -0.3 is 15.7 Å². The molecule has 6 heteroatoms. The number of aromatic nitrogens is 1. The molecular weight excluding hydrogens is 266 g/mol. The number of amides is 2. The van der Waals surface area contributed by atoms with E-state index in [9.17, 15) is 4.79 Å². The van der Waals surface area contributed by atoms with E-state index in [1.807, 2.05) is 13.8 Å². The number of hydrogen-bond donors (Lipinski definition) is 3. The lowest BCUT2D eigenvalue weighted by Crippen LogP contribution is -2.38. The molecule has 0 aromatic carbocycles. The van der Waals surface area contributed by atoms with Gasteiger partial charge >= 0.3 is 6.03 Å². The van der Waals surface area contributed by atoms with Crippen molar-refractivity contribution in [1.82, 2.24) is 10.3 Å². The molecule has 0 unspecified atom stereocenters. The van der Waals surface area contributed by atoms with Crippen LogP contribution in [-0.2, 0) is 0 Å². The third kappa shape index (κ3) is 5.44. The monoisotopic (exact) mass is 285 g/mol. The zero-order valence-electron chi connectivity index (χ0n) is 11.2. The summed E-state index contributed by atoms with van der Waals surface area (Å²) in [5, 5.41) is 14.8. The molecule has 0 aliphatic carbocycles. The molecule has 0 bridgehead atoms. The number of pyridine rings is 1. The summed E-state index contributed by atoms with van der Waals surface area (Å²) in [6, 6.07) is 3.10. The maximum atomic E-state index is 11.8. The minimum atomic E-state index is -0.313. The predicted octanol–water partition coefficient (Wildman–Crippen LogP) is 2.65. The Kier molecular flexibility index (Phi) is 6.59. The van der Waals surface area contributed by atoms with Gasteiger partial charge in [-0.05, 0) is 30.9 Å². The van der Waals surface area contributed by atoms with Gasteiger partial charge in [-0.1, -0.05) is 25.4 Å². The molecule has 0 fully saturated rings. The molecule has 2 atom stereocenters. The molecule has 0 radical (unpaired) electrons. The molecule has 0 saturated heterocycles. The molecule has 0 spiro atoms. The number of anilines is 1. The average Bonchev–Trinajstić information content (AvgIpc) is 2.40. The first-order valence-electron chi connectivity index (χ1n) is 6.35. The number of halogens is 1. The number of carbonyl (C=O) groups is 1. The third-order valence-electron chi connectivity index (χ3n) is 2.83. The zero-order chi connectivity index (χ0) is 14.3. The van der Waals surface area contributed by atoms with Crippen molar-refractivity contribution in [2.45, 2.75) is 32.7 Å². The molecule has 1 aromatic heterocycles. The van der Waals surface area contributed by atoms with E-state index in [1.54, 1.807) is 18.3 Å². The highest BCUT2D eigenvalue weighted by Gasteiger charge is 2.14. The Morgan fingerprint density at radius 2 is 2.32 bits per heavy atom. The number of urea groups is 1. The molecule has 106 valence electrons. The van der Waals surface area contributed by atoms with Crippen molar-refractivity contribution in [3.8, 4) is 0 Å². The third-order valence-corrected chi connectivity index (χ3v) is 3.14. The summed E-state index contributed by atoms with van der Waals surface area (Å²) in [7, 11) is 0. The number of rotatable bonds is 6. The standard InChI is InChI=1S/C13H20ClN3O2/c1-3-10(7-9(2)8-18)16-13(19)17-11-5-4-6-15-12(11)14/h4-6,9-10,18H,3,7-8H2,1-2H3,(H2,16,17,19)/t9-,10+/m0/s1. The van der Waals surface area contributed by atoms with Gasteiger partial charge in [-0.3, -0.25) is 0 Å². The van der Waals surface area contributed by atoms with E-state index in [-0.39, 0.29) is 29.8 Å². The van der Waals surface area contributed by atoms with Gasteiger partial charge in [-0.25, -0.2) is 9.78 Å². The predicted molar refractivity (Wildman–Crippen MR) is 76.3 cm³/mol. The minimum absolute atomic E-state index is 0.0256. The topological polar surface area (TPSA) is 74.2 Å². The van der Waals surface area contributed by atoms with Gasteiger partial charge in [-0.2, -0.15) is 0 Å². The van der Waals surface area contributed by atoms with E-state index in [4.69, 9.17) is 16.7 Å². The Labute approximate surface area is 118 Å². The van der Waals surface area contributed by atoms with Crippen LogP contribution in [0.3, 0.4) is 0 Å². The summed E-state index contributed by atoms with van der Waals surface area (Å²) in [4.78, 5) is 15.7. The second kappa shape index (κ2) is 7.96. The van der Waals surface area contributed by atoms with Crippen molar-refractivity contribution in [3.63, 3.8) is 0 Å². The maximum absolute atomic E-state index is 11.8. The first-order valence-corrected chi connectivity index (χ1v) is 6.73. The van der Waals surface area contributed by atoms with Gasteiger partial charge in [0.1, 0.15) is 0 Å². The summed E-state index contributed by atoms with van der Waals surface area (Å²) in [6.45, 7) is 4.06. The smallest absolute Gasteiger partial charge is 0.319 e.